The molecule has 0 bridgehead atoms. The van der Waals surface area contributed by atoms with Crippen molar-refractivity contribution in [3.05, 3.63) is 35.1 Å². The van der Waals surface area contributed by atoms with E-state index < -0.39 is 0 Å². The summed E-state index contributed by atoms with van der Waals surface area (Å²) < 4.78 is 13.5. The summed E-state index contributed by atoms with van der Waals surface area (Å²) in [5, 5.41) is 3.48. The van der Waals surface area contributed by atoms with Crippen LogP contribution >= 0.6 is 0 Å². The molecule has 0 aromatic heterocycles. The summed E-state index contributed by atoms with van der Waals surface area (Å²) in [5.74, 6) is 1.40. The maximum absolute atomic E-state index is 13.5. The quantitative estimate of drug-likeness (QED) is 0.836. The lowest BCUT2D eigenvalue weighted by atomic mass is 9.73. The summed E-state index contributed by atoms with van der Waals surface area (Å²) in [6.07, 6.45) is 7.53. The van der Waals surface area contributed by atoms with Gasteiger partial charge in [0.2, 0.25) is 0 Å². The van der Waals surface area contributed by atoms with Crippen molar-refractivity contribution in [3.63, 3.8) is 0 Å². The number of aryl methyl sites for hydroxylation is 1. The van der Waals surface area contributed by atoms with E-state index in [1.807, 2.05) is 6.07 Å². The number of nitrogens with one attached hydrogen (secondary N) is 1. The van der Waals surface area contributed by atoms with Crippen LogP contribution in [0.3, 0.4) is 0 Å². The standard InChI is InChI=1S/C18H28FN/c1-4-5-14-7-9-18(20-3)16(10-14)11-15-12-17(19)8-6-13(15)2/h6,8,12,14,16,18,20H,4-5,7,9-11H2,1-3H3. The molecule has 0 heterocycles. The first kappa shape index (κ1) is 15.5. The molecule has 112 valence electrons. The van der Waals surface area contributed by atoms with Gasteiger partial charge < -0.3 is 5.32 Å². The number of hydrogen-bond acceptors (Lipinski definition) is 1. The van der Waals surface area contributed by atoms with Crippen molar-refractivity contribution >= 4 is 0 Å². The molecule has 1 aromatic rings. The largest absolute Gasteiger partial charge is 0.317 e. The Hall–Kier alpha value is -0.890. The van der Waals surface area contributed by atoms with Gasteiger partial charge in [0.15, 0.2) is 0 Å². The number of rotatable bonds is 5. The van der Waals surface area contributed by atoms with Crippen LogP contribution in [-0.2, 0) is 6.42 Å². The van der Waals surface area contributed by atoms with Gasteiger partial charge in [-0.15, -0.1) is 0 Å². The zero-order valence-corrected chi connectivity index (χ0v) is 13.1. The monoisotopic (exact) mass is 277 g/mol. The molecule has 1 saturated carbocycles. The fraction of sp³-hybridized carbons (Fsp3) is 0.667. The number of hydrogen-bond donors (Lipinski definition) is 1. The van der Waals surface area contributed by atoms with Crippen LogP contribution in [0.2, 0.25) is 0 Å². The van der Waals surface area contributed by atoms with Crippen LogP contribution in [0.4, 0.5) is 4.39 Å². The summed E-state index contributed by atoms with van der Waals surface area (Å²) in [7, 11) is 2.07. The van der Waals surface area contributed by atoms with Gasteiger partial charge in [0.05, 0.1) is 0 Å². The molecule has 0 saturated heterocycles. The van der Waals surface area contributed by atoms with E-state index in [9.17, 15) is 4.39 Å². The molecule has 1 nitrogen and oxygen atoms in total. The molecule has 20 heavy (non-hydrogen) atoms. The molecular formula is C18H28FN. The molecule has 1 aliphatic rings. The van der Waals surface area contributed by atoms with E-state index in [0.717, 1.165) is 12.3 Å². The third-order valence-electron chi connectivity index (χ3n) is 4.95. The van der Waals surface area contributed by atoms with Gasteiger partial charge in [-0.1, -0.05) is 25.8 Å². The minimum absolute atomic E-state index is 0.104. The van der Waals surface area contributed by atoms with Crippen LogP contribution in [0.5, 0.6) is 0 Å². The molecule has 2 heteroatoms. The first-order valence-electron chi connectivity index (χ1n) is 8.06. The van der Waals surface area contributed by atoms with Gasteiger partial charge in [-0.25, -0.2) is 4.39 Å². The Morgan fingerprint density at radius 2 is 2.10 bits per heavy atom. The van der Waals surface area contributed by atoms with Crippen LogP contribution in [-0.4, -0.2) is 13.1 Å². The highest BCUT2D eigenvalue weighted by Crippen LogP contribution is 2.34. The summed E-state index contributed by atoms with van der Waals surface area (Å²) in [5.41, 5.74) is 2.41. The van der Waals surface area contributed by atoms with Crippen molar-refractivity contribution in [2.24, 2.45) is 11.8 Å². The van der Waals surface area contributed by atoms with Crippen LogP contribution < -0.4 is 5.32 Å². The Bertz CT molecular complexity index is 429. The van der Waals surface area contributed by atoms with Crippen molar-refractivity contribution in [1.82, 2.24) is 5.32 Å². The lowest BCUT2D eigenvalue weighted by molar-refractivity contribution is 0.200. The van der Waals surface area contributed by atoms with Crippen LogP contribution in [0.1, 0.15) is 50.2 Å². The SMILES string of the molecule is CCCC1CCC(NC)C(Cc2cc(F)ccc2C)C1. The minimum Gasteiger partial charge on any atom is -0.317 e. The van der Waals surface area contributed by atoms with E-state index in [1.54, 1.807) is 12.1 Å². The fourth-order valence-corrected chi connectivity index (χ4v) is 3.78. The lowest BCUT2D eigenvalue weighted by Crippen LogP contribution is -2.39. The predicted molar refractivity (Wildman–Crippen MR) is 83.4 cm³/mol. The highest BCUT2D eigenvalue weighted by molar-refractivity contribution is 5.27. The summed E-state index contributed by atoms with van der Waals surface area (Å²) in [6, 6.07) is 5.79. The van der Waals surface area contributed by atoms with E-state index in [1.165, 1.54) is 43.2 Å². The maximum Gasteiger partial charge on any atom is 0.123 e. The molecule has 3 unspecified atom stereocenters. The lowest BCUT2D eigenvalue weighted by Gasteiger charge is -2.36. The van der Waals surface area contributed by atoms with Gasteiger partial charge in [-0.2, -0.15) is 0 Å². The molecule has 3 atom stereocenters. The molecule has 0 spiro atoms. The van der Waals surface area contributed by atoms with Crippen molar-refractivity contribution in [2.45, 2.75) is 58.4 Å². The normalized spacial score (nSPS) is 26.7. The fourth-order valence-electron chi connectivity index (χ4n) is 3.78. The average molecular weight is 277 g/mol. The minimum atomic E-state index is -0.104. The molecule has 1 fully saturated rings. The average Bonchev–Trinajstić information content (AvgIpc) is 2.44. The third kappa shape index (κ3) is 3.82. The third-order valence-corrected chi connectivity index (χ3v) is 4.95. The van der Waals surface area contributed by atoms with Crippen LogP contribution in [0.25, 0.3) is 0 Å². The van der Waals surface area contributed by atoms with Gasteiger partial charge in [-0.3, -0.25) is 0 Å². The van der Waals surface area contributed by atoms with E-state index >= 15 is 0 Å². The Labute approximate surface area is 123 Å². The van der Waals surface area contributed by atoms with Gasteiger partial charge in [0, 0.05) is 6.04 Å². The van der Waals surface area contributed by atoms with E-state index in [-0.39, 0.29) is 5.82 Å². The first-order valence-corrected chi connectivity index (χ1v) is 8.06. The van der Waals surface area contributed by atoms with Crippen molar-refractivity contribution < 1.29 is 4.39 Å². The van der Waals surface area contributed by atoms with Gasteiger partial charge in [-0.05, 0) is 74.8 Å². The number of benzene rings is 1. The Kier molecular flexibility index (Phi) is 5.59. The van der Waals surface area contributed by atoms with Gasteiger partial charge in [0.25, 0.3) is 0 Å². The molecule has 2 rings (SSSR count). The predicted octanol–water partition coefficient (Wildman–Crippen LogP) is 4.48. The molecule has 1 N–H and O–H groups in total. The maximum atomic E-state index is 13.5. The van der Waals surface area contributed by atoms with Crippen molar-refractivity contribution in [3.8, 4) is 0 Å². The Morgan fingerprint density at radius 3 is 2.80 bits per heavy atom. The molecule has 0 radical (unpaired) electrons. The molecule has 0 aliphatic heterocycles. The van der Waals surface area contributed by atoms with Crippen molar-refractivity contribution in [1.29, 1.82) is 0 Å². The van der Waals surface area contributed by atoms with E-state index in [0.29, 0.717) is 12.0 Å². The highest BCUT2D eigenvalue weighted by atomic mass is 19.1. The Morgan fingerprint density at radius 1 is 1.30 bits per heavy atom. The van der Waals surface area contributed by atoms with Gasteiger partial charge >= 0.3 is 0 Å². The highest BCUT2D eigenvalue weighted by Gasteiger charge is 2.29. The van der Waals surface area contributed by atoms with Gasteiger partial charge in [0.1, 0.15) is 5.82 Å². The zero-order valence-electron chi connectivity index (χ0n) is 13.1. The van der Waals surface area contributed by atoms with Crippen LogP contribution in [0.15, 0.2) is 18.2 Å². The van der Waals surface area contributed by atoms with Crippen molar-refractivity contribution in [2.75, 3.05) is 7.05 Å². The molecular weight excluding hydrogens is 249 g/mol. The molecule has 1 aliphatic carbocycles. The first-order chi connectivity index (χ1) is 9.63. The second-order valence-corrected chi connectivity index (χ2v) is 6.40. The topological polar surface area (TPSA) is 12.0 Å². The summed E-state index contributed by atoms with van der Waals surface area (Å²) >= 11 is 0. The van der Waals surface area contributed by atoms with E-state index in [2.05, 4.69) is 26.2 Å². The molecule has 1 aromatic carbocycles. The van der Waals surface area contributed by atoms with Crippen LogP contribution in [0, 0.1) is 24.6 Å². The second kappa shape index (κ2) is 7.21. The smallest absolute Gasteiger partial charge is 0.123 e. The summed E-state index contributed by atoms with van der Waals surface area (Å²) in [4.78, 5) is 0. The zero-order chi connectivity index (χ0) is 14.5. The summed E-state index contributed by atoms with van der Waals surface area (Å²) in [6.45, 7) is 4.37. The Balaban J connectivity index is 2.09. The number of halogens is 1. The molecule has 0 amide bonds. The second-order valence-electron chi connectivity index (χ2n) is 6.40. The van der Waals surface area contributed by atoms with E-state index in [4.69, 9.17) is 0 Å².